The summed E-state index contributed by atoms with van der Waals surface area (Å²) in [5.74, 6) is 0.994. The first kappa shape index (κ1) is 18.8. The second-order valence-corrected chi connectivity index (χ2v) is 6.80. The van der Waals surface area contributed by atoms with E-state index in [1.165, 1.54) is 6.92 Å². The van der Waals surface area contributed by atoms with E-state index in [0.29, 0.717) is 41.3 Å². The summed E-state index contributed by atoms with van der Waals surface area (Å²) in [5, 5.41) is 0. The number of pyridine rings is 1. The highest BCUT2D eigenvalue weighted by molar-refractivity contribution is 5.80. The first-order valence-corrected chi connectivity index (χ1v) is 9.30. The second-order valence-electron chi connectivity index (χ2n) is 6.80. The smallest absolute Gasteiger partial charge is 0.308 e. The van der Waals surface area contributed by atoms with Crippen molar-refractivity contribution in [3.05, 3.63) is 64.4 Å². The van der Waals surface area contributed by atoms with Gasteiger partial charge in [0.1, 0.15) is 5.75 Å². The van der Waals surface area contributed by atoms with Gasteiger partial charge in [0.2, 0.25) is 0 Å². The van der Waals surface area contributed by atoms with Gasteiger partial charge in [-0.2, -0.15) is 0 Å². The van der Waals surface area contributed by atoms with Crippen LogP contribution < -0.4 is 19.8 Å². The first-order chi connectivity index (χ1) is 14.0. The van der Waals surface area contributed by atoms with Gasteiger partial charge in [-0.05, 0) is 29.7 Å². The Hall–Kier alpha value is -3.54. The van der Waals surface area contributed by atoms with E-state index in [1.54, 1.807) is 24.9 Å². The zero-order valence-corrected chi connectivity index (χ0v) is 16.5. The number of methoxy groups -OCH3 is 2. The van der Waals surface area contributed by atoms with Gasteiger partial charge in [-0.15, -0.1) is 0 Å². The summed E-state index contributed by atoms with van der Waals surface area (Å²) >= 11 is 0. The van der Waals surface area contributed by atoms with Crippen molar-refractivity contribution in [2.45, 2.75) is 19.9 Å². The Morgan fingerprint density at radius 1 is 0.966 bits per heavy atom. The molecule has 148 valence electrons. The topological polar surface area (TPSA) is 66.8 Å². The summed E-state index contributed by atoms with van der Waals surface area (Å²) in [6.45, 7) is 1.85. The number of benzene rings is 2. The molecule has 0 spiro atoms. The first-order valence-electron chi connectivity index (χ1n) is 9.30. The Kier molecular flexibility index (Phi) is 4.84. The van der Waals surface area contributed by atoms with Gasteiger partial charge in [-0.3, -0.25) is 9.59 Å². The van der Waals surface area contributed by atoms with Crippen molar-refractivity contribution in [2.24, 2.45) is 0 Å². The second kappa shape index (κ2) is 7.47. The zero-order chi connectivity index (χ0) is 20.5. The van der Waals surface area contributed by atoms with Crippen LogP contribution in [0.2, 0.25) is 0 Å². The van der Waals surface area contributed by atoms with Crippen LogP contribution in [-0.4, -0.2) is 24.8 Å². The normalized spacial score (nSPS) is 12.0. The highest BCUT2D eigenvalue weighted by atomic mass is 16.5. The van der Waals surface area contributed by atoms with Crippen molar-refractivity contribution < 1.29 is 19.0 Å². The number of rotatable bonds is 4. The fraction of sp³-hybridized carbons (Fsp3) is 0.217. The van der Waals surface area contributed by atoms with Crippen molar-refractivity contribution in [3.8, 4) is 39.6 Å². The molecule has 2 heterocycles. The maximum Gasteiger partial charge on any atom is 0.308 e. The molecule has 0 saturated carbocycles. The molecule has 6 heteroatoms. The van der Waals surface area contributed by atoms with Crippen LogP contribution in [0.5, 0.6) is 17.2 Å². The molecule has 2 aromatic carbocycles. The number of hydrogen-bond donors (Lipinski definition) is 0. The fourth-order valence-corrected chi connectivity index (χ4v) is 3.77. The molecule has 0 aliphatic carbocycles. The zero-order valence-electron chi connectivity index (χ0n) is 16.5. The van der Waals surface area contributed by atoms with Crippen LogP contribution in [0.3, 0.4) is 0 Å². The Bertz CT molecular complexity index is 1150. The quantitative estimate of drug-likeness (QED) is 0.635. The lowest BCUT2D eigenvalue weighted by Gasteiger charge is -2.25. The van der Waals surface area contributed by atoms with Crippen molar-refractivity contribution >= 4 is 5.97 Å². The van der Waals surface area contributed by atoms with Gasteiger partial charge in [0, 0.05) is 25.1 Å². The Morgan fingerprint density at radius 3 is 2.31 bits per heavy atom. The third-order valence-electron chi connectivity index (χ3n) is 5.07. The van der Waals surface area contributed by atoms with Gasteiger partial charge in [-0.25, -0.2) is 0 Å². The molecule has 0 bridgehead atoms. The summed E-state index contributed by atoms with van der Waals surface area (Å²) in [7, 11) is 3.17. The van der Waals surface area contributed by atoms with Crippen molar-refractivity contribution in [3.63, 3.8) is 0 Å². The molecule has 1 aliphatic rings. The van der Waals surface area contributed by atoms with E-state index in [0.717, 1.165) is 11.1 Å². The SMILES string of the molecule is COc1cc2c(cc1OC)-c1cc(OC(C)=O)c(-c3ccccc3)c(=O)n1CC2. The Labute approximate surface area is 168 Å². The van der Waals surface area contributed by atoms with Gasteiger partial charge in [0.15, 0.2) is 11.5 Å². The minimum atomic E-state index is -0.477. The monoisotopic (exact) mass is 391 g/mol. The van der Waals surface area contributed by atoms with Crippen molar-refractivity contribution in [1.82, 2.24) is 4.57 Å². The number of hydrogen-bond acceptors (Lipinski definition) is 5. The summed E-state index contributed by atoms with van der Waals surface area (Å²) < 4.78 is 18.0. The third kappa shape index (κ3) is 3.27. The van der Waals surface area contributed by atoms with Crippen molar-refractivity contribution in [2.75, 3.05) is 14.2 Å². The van der Waals surface area contributed by atoms with Crippen LogP contribution in [-0.2, 0) is 17.8 Å². The van der Waals surface area contributed by atoms with Crippen LogP contribution in [0.1, 0.15) is 12.5 Å². The van der Waals surface area contributed by atoms with E-state index < -0.39 is 5.97 Å². The average molecular weight is 391 g/mol. The molecular weight excluding hydrogens is 370 g/mol. The summed E-state index contributed by atoms with van der Waals surface area (Å²) in [6.07, 6.45) is 0.684. The molecular formula is C23H21NO5. The number of nitrogens with zero attached hydrogens (tertiary/aromatic N) is 1. The highest BCUT2D eigenvalue weighted by Crippen LogP contribution is 2.40. The summed E-state index contributed by atoms with van der Waals surface area (Å²) in [5.41, 5.74) is 3.50. The lowest BCUT2D eigenvalue weighted by Crippen LogP contribution is -2.28. The molecule has 0 amide bonds. The molecule has 3 aromatic rings. The van der Waals surface area contributed by atoms with Gasteiger partial charge in [-0.1, -0.05) is 30.3 Å². The molecule has 1 aromatic heterocycles. The molecule has 0 N–H and O–H groups in total. The lowest BCUT2D eigenvalue weighted by molar-refractivity contribution is -0.131. The van der Waals surface area contributed by atoms with Crippen LogP contribution in [0.4, 0.5) is 0 Å². The number of esters is 1. The standard InChI is InChI=1S/C23H21NO5/c1-14(25)29-21-13-18-17-12-20(28-3)19(27-2)11-16(17)9-10-24(18)23(26)22(21)15-7-5-4-6-8-15/h4-8,11-13H,9-10H2,1-3H3. The minimum Gasteiger partial charge on any atom is -0.493 e. The van der Waals surface area contributed by atoms with Gasteiger partial charge < -0.3 is 18.8 Å². The van der Waals surface area contributed by atoms with Crippen LogP contribution in [0.25, 0.3) is 22.4 Å². The van der Waals surface area contributed by atoms with E-state index in [-0.39, 0.29) is 11.3 Å². The van der Waals surface area contributed by atoms with Gasteiger partial charge >= 0.3 is 5.97 Å². The van der Waals surface area contributed by atoms with Crippen molar-refractivity contribution in [1.29, 1.82) is 0 Å². The van der Waals surface area contributed by atoms with Gasteiger partial charge in [0.25, 0.3) is 5.56 Å². The van der Waals surface area contributed by atoms with Crippen LogP contribution >= 0.6 is 0 Å². The Balaban J connectivity index is 1.99. The van der Waals surface area contributed by atoms with Crippen LogP contribution in [0.15, 0.2) is 53.3 Å². The van der Waals surface area contributed by atoms with E-state index in [4.69, 9.17) is 14.2 Å². The predicted octanol–water partition coefficient (Wildman–Crippen LogP) is 3.68. The minimum absolute atomic E-state index is 0.189. The fourth-order valence-electron chi connectivity index (χ4n) is 3.77. The molecule has 0 radical (unpaired) electrons. The molecule has 1 aliphatic heterocycles. The van der Waals surface area contributed by atoms with Crippen LogP contribution in [0, 0.1) is 0 Å². The average Bonchev–Trinajstić information content (AvgIpc) is 2.73. The van der Waals surface area contributed by atoms with E-state index in [2.05, 4.69) is 0 Å². The Morgan fingerprint density at radius 2 is 1.66 bits per heavy atom. The maximum atomic E-state index is 13.4. The van der Waals surface area contributed by atoms with E-state index >= 15 is 0 Å². The number of aromatic nitrogens is 1. The maximum absolute atomic E-state index is 13.4. The third-order valence-corrected chi connectivity index (χ3v) is 5.07. The molecule has 29 heavy (non-hydrogen) atoms. The number of ether oxygens (including phenoxy) is 3. The van der Waals surface area contributed by atoms with Gasteiger partial charge in [0.05, 0.1) is 25.5 Å². The highest BCUT2D eigenvalue weighted by Gasteiger charge is 2.25. The summed E-state index contributed by atoms with van der Waals surface area (Å²) in [4.78, 5) is 25.2. The van der Waals surface area contributed by atoms with E-state index in [9.17, 15) is 9.59 Å². The largest absolute Gasteiger partial charge is 0.493 e. The number of fused-ring (bicyclic) bond motifs is 3. The number of aryl methyl sites for hydroxylation is 1. The molecule has 0 fully saturated rings. The molecule has 6 nitrogen and oxygen atoms in total. The molecule has 0 saturated heterocycles. The number of carbonyl (C=O) groups is 1. The number of carbonyl (C=O) groups excluding carboxylic acids is 1. The van der Waals surface area contributed by atoms with E-state index in [1.807, 2.05) is 42.5 Å². The molecule has 4 rings (SSSR count). The molecule has 0 atom stereocenters. The predicted molar refractivity (Wildman–Crippen MR) is 110 cm³/mol. The molecule has 0 unspecified atom stereocenters. The lowest BCUT2D eigenvalue weighted by atomic mass is 9.94. The summed E-state index contributed by atoms with van der Waals surface area (Å²) in [6, 6.07) is 14.8.